The van der Waals surface area contributed by atoms with E-state index < -0.39 is 11.7 Å². The summed E-state index contributed by atoms with van der Waals surface area (Å²) >= 11 is 0. The van der Waals surface area contributed by atoms with Gasteiger partial charge in [-0.1, -0.05) is 11.6 Å². The van der Waals surface area contributed by atoms with Gasteiger partial charge < -0.3 is 9.84 Å². The summed E-state index contributed by atoms with van der Waals surface area (Å²) in [5.41, 5.74) is 0.888. The Labute approximate surface area is 88.0 Å². The van der Waals surface area contributed by atoms with E-state index in [9.17, 15) is 5.11 Å². The fourth-order valence-electron chi connectivity index (χ4n) is 1.32. The van der Waals surface area contributed by atoms with Crippen LogP contribution in [0.2, 0.25) is 0 Å². The summed E-state index contributed by atoms with van der Waals surface area (Å²) in [5.74, 6) is 0. The molecule has 2 heteroatoms. The van der Waals surface area contributed by atoms with Crippen LogP contribution in [0.3, 0.4) is 0 Å². The molecule has 0 bridgehead atoms. The van der Waals surface area contributed by atoms with Gasteiger partial charge in [-0.05, 0) is 47.5 Å². The standard InChI is InChI=1S/C12H24O2/c1-6-10(3)8-9-11(13)12(4,5)14-7-2/h6,11,13H,7-9H2,1-5H3/b10-6+. The van der Waals surface area contributed by atoms with Crippen molar-refractivity contribution in [2.75, 3.05) is 6.61 Å². The molecule has 0 aliphatic carbocycles. The number of hydrogen-bond donors (Lipinski definition) is 1. The maximum absolute atomic E-state index is 9.90. The minimum Gasteiger partial charge on any atom is -0.390 e. The first-order valence-electron chi connectivity index (χ1n) is 5.37. The van der Waals surface area contributed by atoms with Crippen molar-refractivity contribution in [1.29, 1.82) is 0 Å². The van der Waals surface area contributed by atoms with E-state index in [1.165, 1.54) is 5.57 Å². The van der Waals surface area contributed by atoms with E-state index in [0.717, 1.165) is 12.8 Å². The minimum absolute atomic E-state index is 0.391. The molecule has 84 valence electrons. The van der Waals surface area contributed by atoms with Crippen molar-refractivity contribution < 1.29 is 9.84 Å². The molecule has 0 aromatic rings. The van der Waals surface area contributed by atoms with E-state index in [-0.39, 0.29) is 0 Å². The Hall–Kier alpha value is -0.340. The average molecular weight is 200 g/mol. The zero-order valence-corrected chi connectivity index (χ0v) is 10.1. The van der Waals surface area contributed by atoms with Crippen LogP contribution in [0.25, 0.3) is 0 Å². The number of ether oxygens (including phenoxy) is 1. The van der Waals surface area contributed by atoms with Crippen LogP contribution in [-0.4, -0.2) is 23.4 Å². The van der Waals surface area contributed by atoms with Crippen molar-refractivity contribution in [1.82, 2.24) is 0 Å². The molecule has 1 unspecified atom stereocenters. The maximum atomic E-state index is 9.90. The largest absolute Gasteiger partial charge is 0.390 e. The summed E-state index contributed by atoms with van der Waals surface area (Å²) in [6.07, 6.45) is 3.40. The molecule has 1 atom stereocenters. The van der Waals surface area contributed by atoms with E-state index in [1.54, 1.807) is 0 Å². The van der Waals surface area contributed by atoms with Crippen LogP contribution in [0, 0.1) is 0 Å². The lowest BCUT2D eigenvalue weighted by Crippen LogP contribution is -2.39. The van der Waals surface area contributed by atoms with E-state index >= 15 is 0 Å². The van der Waals surface area contributed by atoms with Crippen LogP contribution in [-0.2, 0) is 4.74 Å². The van der Waals surface area contributed by atoms with Crippen molar-refractivity contribution >= 4 is 0 Å². The number of aliphatic hydroxyl groups excluding tert-OH is 1. The second-order valence-electron chi connectivity index (χ2n) is 4.23. The van der Waals surface area contributed by atoms with Gasteiger partial charge in [-0.25, -0.2) is 0 Å². The molecule has 0 radical (unpaired) electrons. The van der Waals surface area contributed by atoms with Gasteiger partial charge in [0.1, 0.15) is 0 Å². The highest BCUT2D eigenvalue weighted by Gasteiger charge is 2.27. The van der Waals surface area contributed by atoms with Crippen LogP contribution in [0.5, 0.6) is 0 Å². The Morgan fingerprint density at radius 3 is 2.50 bits per heavy atom. The van der Waals surface area contributed by atoms with Gasteiger partial charge in [0.25, 0.3) is 0 Å². The van der Waals surface area contributed by atoms with Crippen LogP contribution in [0.15, 0.2) is 11.6 Å². The predicted octanol–water partition coefficient (Wildman–Crippen LogP) is 2.91. The molecular weight excluding hydrogens is 176 g/mol. The van der Waals surface area contributed by atoms with Gasteiger partial charge in [-0.3, -0.25) is 0 Å². The van der Waals surface area contributed by atoms with Gasteiger partial charge in [0.2, 0.25) is 0 Å². The Balaban J connectivity index is 4.00. The van der Waals surface area contributed by atoms with Crippen LogP contribution in [0.1, 0.15) is 47.5 Å². The summed E-state index contributed by atoms with van der Waals surface area (Å²) in [6.45, 7) is 10.6. The van der Waals surface area contributed by atoms with Crippen LogP contribution < -0.4 is 0 Å². The van der Waals surface area contributed by atoms with Crippen molar-refractivity contribution in [3.05, 3.63) is 11.6 Å². The molecule has 14 heavy (non-hydrogen) atoms. The van der Waals surface area contributed by atoms with Gasteiger partial charge >= 0.3 is 0 Å². The lowest BCUT2D eigenvalue weighted by atomic mass is 9.95. The van der Waals surface area contributed by atoms with Gasteiger partial charge in [-0.15, -0.1) is 0 Å². The molecular formula is C12H24O2. The van der Waals surface area contributed by atoms with Crippen molar-refractivity contribution in [2.45, 2.75) is 59.2 Å². The molecule has 0 aromatic heterocycles. The van der Waals surface area contributed by atoms with Crippen molar-refractivity contribution in [3.63, 3.8) is 0 Å². The molecule has 0 fully saturated rings. The molecule has 0 aliphatic rings. The average Bonchev–Trinajstić information content (AvgIpc) is 2.13. The molecule has 0 saturated carbocycles. The summed E-state index contributed by atoms with van der Waals surface area (Å²) in [7, 11) is 0. The normalized spacial score (nSPS) is 15.7. The minimum atomic E-state index is -0.428. The maximum Gasteiger partial charge on any atom is 0.0884 e. The second-order valence-corrected chi connectivity index (χ2v) is 4.23. The number of hydrogen-bond acceptors (Lipinski definition) is 2. The molecule has 2 nitrogen and oxygen atoms in total. The number of aliphatic hydroxyl groups is 1. The van der Waals surface area contributed by atoms with E-state index in [4.69, 9.17) is 4.74 Å². The molecule has 1 N–H and O–H groups in total. The smallest absolute Gasteiger partial charge is 0.0884 e. The first kappa shape index (κ1) is 13.7. The van der Waals surface area contributed by atoms with Gasteiger partial charge in [0.05, 0.1) is 11.7 Å². The lowest BCUT2D eigenvalue weighted by Gasteiger charge is -2.30. The number of rotatable bonds is 6. The highest BCUT2D eigenvalue weighted by molar-refractivity contribution is 4.96. The SMILES string of the molecule is C/C=C(\C)CCC(O)C(C)(C)OCC. The molecule has 0 aromatic carbocycles. The third-order valence-electron chi connectivity index (χ3n) is 2.62. The monoisotopic (exact) mass is 200 g/mol. The van der Waals surface area contributed by atoms with Crippen LogP contribution in [0.4, 0.5) is 0 Å². The molecule has 0 heterocycles. The van der Waals surface area contributed by atoms with Gasteiger partial charge in [0, 0.05) is 6.61 Å². The predicted molar refractivity (Wildman–Crippen MR) is 60.4 cm³/mol. The number of allylic oxidation sites excluding steroid dienone is 2. The van der Waals surface area contributed by atoms with Crippen molar-refractivity contribution in [2.24, 2.45) is 0 Å². The molecule has 0 saturated heterocycles. The second kappa shape index (κ2) is 6.20. The Morgan fingerprint density at radius 1 is 1.50 bits per heavy atom. The van der Waals surface area contributed by atoms with E-state index in [1.807, 2.05) is 27.7 Å². The van der Waals surface area contributed by atoms with Gasteiger partial charge in [-0.2, -0.15) is 0 Å². The molecule has 0 rings (SSSR count). The summed E-state index contributed by atoms with van der Waals surface area (Å²) in [5, 5.41) is 9.90. The first-order valence-corrected chi connectivity index (χ1v) is 5.37. The van der Waals surface area contributed by atoms with Crippen molar-refractivity contribution in [3.8, 4) is 0 Å². The van der Waals surface area contributed by atoms with Crippen LogP contribution >= 0.6 is 0 Å². The summed E-state index contributed by atoms with van der Waals surface area (Å²) < 4.78 is 5.49. The molecule has 0 spiro atoms. The van der Waals surface area contributed by atoms with E-state index in [0.29, 0.717) is 6.61 Å². The van der Waals surface area contributed by atoms with Gasteiger partial charge in [0.15, 0.2) is 0 Å². The summed E-state index contributed by atoms with van der Waals surface area (Å²) in [6, 6.07) is 0. The highest BCUT2D eigenvalue weighted by Crippen LogP contribution is 2.20. The third kappa shape index (κ3) is 4.77. The fourth-order valence-corrected chi connectivity index (χ4v) is 1.32. The van der Waals surface area contributed by atoms with E-state index in [2.05, 4.69) is 13.0 Å². The lowest BCUT2D eigenvalue weighted by molar-refractivity contribution is -0.0983. The molecule has 0 aliphatic heterocycles. The Morgan fingerprint density at radius 2 is 2.07 bits per heavy atom. The summed E-state index contributed by atoms with van der Waals surface area (Å²) in [4.78, 5) is 0. The third-order valence-corrected chi connectivity index (χ3v) is 2.62. The first-order chi connectivity index (χ1) is 6.44. The zero-order valence-electron chi connectivity index (χ0n) is 10.1. The molecule has 0 amide bonds. The fraction of sp³-hybridized carbons (Fsp3) is 0.833. The highest BCUT2D eigenvalue weighted by atomic mass is 16.5. The Bertz CT molecular complexity index is 183. The topological polar surface area (TPSA) is 29.5 Å². The zero-order chi connectivity index (χ0) is 11.2. The quantitative estimate of drug-likeness (QED) is 0.668. The Kier molecular flexibility index (Phi) is 6.05.